The summed E-state index contributed by atoms with van der Waals surface area (Å²) >= 11 is 0. The molecule has 0 bridgehead atoms. The van der Waals surface area contributed by atoms with E-state index in [0.29, 0.717) is 38.4 Å². The van der Waals surface area contributed by atoms with Gasteiger partial charge in [0.15, 0.2) is 0 Å². The third-order valence-corrected chi connectivity index (χ3v) is 5.50. The van der Waals surface area contributed by atoms with Crippen molar-refractivity contribution in [3.05, 3.63) is 23.8 Å². The molecule has 1 aliphatic rings. The van der Waals surface area contributed by atoms with Gasteiger partial charge in [-0.05, 0) is 24.6 Å². The first-order valence-electron chi connectivity index (χ1n) is 6.64. The second-order valence-electron chi connectivity index (χ2n) is 5.01. The molecule has 0 saturated carbocycles. The summed E-state index contributed by atoms with van der Waals surface area (Å²) < 4.78 is 26.6. The first kappa shape index (κ1) is 15.2. The lowest BCUT2D eigenvalue weighted by Crippen LogP contribution is -2.49. The van der Waals surface area contributed by atoms with Crippen molar-refractivity contribution >= 4 is 15.7 Å². The Labute approximate surface area is 119 Å². The summed E-state index contributed by atoms with van der Waals surface area (Å²) in [5.41, 5.74) is 7.07. The highest BCUT2D eigenvalue weighted by molar-refractivity contribution is 7.89. The number of β-amino-alcohol motifs (C(OH)–C–C–N with tert-alkyl or cyclic N) is 1. The van der Waals surface area contributed by atoms with E-state index in [1.165, 1.54) is 4.31 Å². The van der Waals surface area contributed by atoms with Crippen LogP contribution < -0.4 is 5.73 Å². The predicted octanol–water partition coefficient (Wildman–Crippen LogP) is -0.124. The number of nitrogen functional groups attached to an aromatic ring is 1. The van der Waals surface area contributed by atoms with E-state index in [-0.39, 0.29) is 11.5 Å². The van der Waals surface area contributed by atoms with Gasteiger partial charge in [0.2, 0.25) is 10.0 Å². The zero-order chi connectivity index (χ0) is 14.8. The first-order chi connectivity index (χ1) is 9.45. The van der Waals surface area contributed by atoms with Crippen molar-refractivity contribution in [2.45, 2.75) is 11.8 Å². The quantitative estimate of drug-likeness (QED) is 0.757. The highest BCUT2D eigenvalue weighted by Gasteiger charge is 2.29. The zero-order valence-electron chi connectivity index (χ0n) is 11.6. The van der Waals surface area contributed by atoms with E-state index in [9.17, 15) is 8.42 Å². The Bertz CT molecular complexity index is 566. The van der Waals surface area contributed by atoms with Crippen molar-refractivity contribution in [1.82, 2.24) is 9.21 Å². The number of rotatable bonds is 4. The molecule has 0 radical (unpaired) electrons. The van der Waals surface area contributed by atoms with Gasteiger partial charge in [0.1, 0.15) is 4.90 Å². The number of aryl methyl sites for hydroxylation is 1. The molecule has 2 rings (SSSR count). The number of hydrogen-bond donors (Lipinski definition) is 2. The number of aliphatic hydroxyl groups excluding tert-OH is 1. The molecule has 0 aliphatic carbocycles. The molecule has 1 heterocycles. The molecule has 0 amide bonds. The Hall–Kier alpha value is -1.15. The number of sulfonamides is 1. The van der Waals surface area contributed by atoms with Gasteiger partial charge in [0.25, 0.3) is 0 Å². The van der Waals surface area contributed by atoms with Crippen molar-refractivity contribution in [2.75, 3.05) is 45.1 Å². The fourth-order valence-corrected chi connectivity index (χ4v) is 3.90. The second kappa shape index (κ2) is 6.09. The van der Waals surface area contributed by atoms with E-state index in [1.807, 2.05) is 11.8 Å². The van der Waals surface area contributed by atoms with Gasteiger partial charge in [-0.25, -0.2) is 8.42 Å². The Morgan fingerprint density at radius 1 is 1.25 bits per heavy atom. The Morgan fingerprint density at radius 2 is 1.90 bits per heavy atom. The van der Waals surface area contributed by atoms with Gasteiger partial charge in [-0.2, -0.15) is 4.31 Å². The molecule has 112 valence electrons. The molecule has 0 spiro atoms. The maximum Gasteiger partial charge on any atom is 0.245 e. The molecular weight excluding hydrogens is 278 g/mol. The summed E-state index contributed by atoms with van der Waals surface area (Å²) in [6.45, 7) is 4.67. The normalized spacial score (nSPS) is 18.3. The van der Waals surface area contributed by atoms with Crippen LogP contribution in [0.1, 0.15) is 5.56 Å². The Balaban J connectivity index is 2.15. The van der Waals surface area contributed by atoms with Gasteiger partial charge in [-0.1, -0.05) is 6.07 Å². The van der Waals surface area contributed by atoms with Gasteiger partial charge in [0, 0.05) is 32.7 Å². The van der Waals surface area contributed by atoms with Gasteiger partial charge in [0.05, 0.1) is 12.3 Å². The largest absolute Gasteiger partial charge is 0.398 e. The van der Waals surface area contributed by atoms with Gasteiger partial charge in [-0.3, -0.25) is 4.90 Å². The van der Waals surface area contributed by atoms with E-state index in [0.717, 1.165) is 5.56 Å². The van der Waals surface area contributed by atoms with Crippen LogP contribution in [0.3, 0.4) is 0 Å². The third-order valence-electron chi connectivity index (χ3n) is 3.53. The lowest BCUT2D eigenvalue weighted by atomic mass is 10.2. The molecule has 6 nitrogen and oxygen atoms in total. The molecule has 1 aromatic carbocycles. The topological polar surface area (TPSA) is 86.9 Å². The number of anilines is 1. The highest BCUT2D eigenvalue weighted by Crippen LogP contribution is 2.24. The highest BCUT2D eigenvalue weighted by atomic mass is 32.2. The standard InChI is InChI=1S/C13H21N3O3S/c1-11-2-3-13(12(14)10-11)20(18,19)16-6-4-15(5-7-16)8-9-17/h2-3,10,17H,4-9,14H2,1H3. The summed E-state index contributed by atoms with van der Waals surface area (Å²) in [7, 11) is -3.53. The minimum Gasteiger partial charge on any atom is -0.398 e. The molecule has 1 fully saturated rings. The van der Waals surface area contributed by atoms with Crippen LogP contribution in [0.25, 0.3) is 0 Å². The van der Waals surface area contributed by atoms with Crippen LogP contribution in [0.2, 0.25) is 0 Å². The van der Waals surface area contributed by atoms with E-state index >= 15 is 0 Å². The van der Waals surface area contributed by atoms with Crippen LogP contribution >= 0.6 is 0 Å². The van der Waals surface area contributed by atoms with Gasteiger partial charge >= 0.3 is 0 Å². The number of benzene rings is 1. The average Bonchev–Trinajstić information content (AvgIpc) is 2.39. The maximum absolute atomic E-state index is 12.6. The van der Waals surface area contributed by atoms with Gasteiger partial charge in [-0.15, -0.1) is 0 Å². The summed E-state index contributed by atoms with van der Waals surface area (Å²) in [6.07, 6.45) is 0. The third kappa shape index (κ3) is 3.12. The lowest BCUT2D eigenvalue weighted by molar-refractivity contribution is 0.151. The Morgan fingerprint density at radius 3 is 2.45 bits per heavy atom. The van der Waals surface area contributed by atoms with Gasteiger partial charge < -0.3 is 10.8 Å². The second-order valence-corrected chi connectivity index (χ2v) is 6.92. The number of hydrogen-bond acceptors (Lipinski definition) is 5. The zero-order valence-corrected chi connectivity index (χ0v) is 12.4. The predicted molar refractivity (Wildman–Crippen MR) is 77.9 cm³/mol. The van der Waals surface area contributed by atoms with E-state index in [4.69, 9.17) is 10.8 Å². The minimum atomic E-state index is -3.53. The fraction of sp³-hybridized carbons (Fsp3) is 0.538. The number of nitrogens with zero attached hydrogens (tertiary/aromatic N) is 2. The minimum absolute atomic E-state index is 0.0949. The number of nitrogens with two attached hydrogens (primary N) is 1. The van der Waals surface area contributed by atoms with Crippen LogP contribution in [0.5, 0.6) is 0 Å². The average molecular weight is 299 g/mol. The molecule has 20 heavy (non-hydrogen) atoms. The molecule has 0 aromatic heterocycles. The summed E-state index contributed by atoms with van der Waals surface area (Å²) in [5.74, 6) is 0. The molecule has 0 unspecified atom stereocenters. The molecular formula is C13H21N3O3S. The van der Waals surface area contributed by atoms with E-state index in [2.05, 4.69) is 0 Å². The summed E-state index contributed by atoms with van der Waals surface area (Å²) in [4.78, 5) is 2.23. The van der Waals surface area contributed by atoms with Crippen LogP contribution in [0, 0.1) is 6.92 Å². The molecule has 1 aromatic rings. The van der Waals surface area contributed by atoms with Crippen LogP contribution in [-0.4, -0.2) is 62.1 Å². The molecule has 0 atom stereocenters. The fourth-order valence-electron chi connectivity index (χ4n) is 2.38. The monoisotopic (exact) mass is 299 g/mol. The Kier molecular flexibility index (Phi) is 4.64. The maximum atomic E-state index is 12.6. The molecule has 1 aliphatic heterocycles. The van der Waals surface area contributed by atoms with Crippen LogP contribution in [0.4, 0.5) is 5.69 Å². The number of piperazine rings is 1. The SMILES string of the molecule is Cc1ccc(S(=O)(=O)N2CCN(CCO)CC2)c(N)c1. The van der Waals surface area contributed by atoms with E-state index in [1.54, 1.807) is 18.2 Å². The van der Waals surface area contributed by atoms with Crippen molar-refractivity contribution in [3.63, 3.8) is 0 Å². The summed E-state index contributed by atoms with van der Waals surface area (Å²) in [5, 5.41) is 8.89. The van der Waals surface area contributed by atoms with Crippen molar-refractivity contribution in [3.8, 4) is 0 Å². The lowest BCUT2D eigenvalue weighted by Gasteiger charge is -2.33. The smallest absolute Gasteiger partial charge is 0.245 e. The van der Waals surface area contributed by atoms with Crippen LogP contribution in [-0.2, 0) is 10.0 Å². The van der Waals surface area contributed by atoms with Crippen molar-refractivity contribution < 1.29 is 13.5 Å². The van der Waals surface area contributed by atoms with Crippen molar-refractivity contribution in [2.24, 2.45) is 0 Å². The molecule has 3 N–H and O–H groups in total. The summed E-state index contributed by atoms with van der Waals surface area (Å²) in [6, 6.07) is 5.00. The first-order valence-corrected chi connectivity index (χ1v) is 8.08. The number of aliphatic hydroxyl groups is 1. The molecule has 7 heteroatoms. The van der Waals surface area contributed by atoms with Crippen molar-refractivity contribution in [1.29, 1.82) is 0 Å². The van der Waals surface area contributed by atoms with E-state index < -0.39 is 10.0 Å². The van der Waals surface area contributed by atoms with Crippen LogP contribution in [0.15, 0.2) is 23.1 Å². The molecule has 1 saturated heterocycles.